The maximum atomic E-state index is 11.0. The molecule has 1 rings (SSSR count). The predicted octanol–water partition coefficient (Wildman–Crippen LogP) is 1.08. The SMILES string of the molecule is COC(=O)CCNC1(CO)CCCC(C)C1. The van der Waals surface area contributed by atoms with Crippen LogP contribution in [0.4, 0.5) is 0 Å². The lowest BCUT2D eigenvalue weighted by Crippen LogP contribution is -2.52. The fourth-order valence-electron chi connectivity index (χ4n) is 2.55. The van der Waals surface area contributed by atoms with Crippen LogP contribution in [0.15, 0.2) is 0 Å². The van der Waals surface area contributed by atoms with Gasteiger partial charge < -0.3 is 15.2 Å². The van der Waals surface area contributed by atoms with Gasteiger partial charge in [-0.3, -0.25) is 4.79 Å². The van der Waals surface area contributed by atoms with Crippen LogP contribution in [-0.2, 0) is 9.53 Å². The van der Waals surface area contributed by atoms with Gasteiger partial charge in [-0.05, 0) is 18.8 Å². The lowest BCUT2D eigenvalue weighted by molar-refractivity contribution is -0.140. The number of carbonyl (C=O) groups excluding carboxylic acids is 1. The summed E-state index contributed by atoms with van der Waals surface area (Å²) in [6.45, 7) is 2.95. The van der Waals surface area contributed by atoms with Crippen LogP contribution in [0.2, 0.25) is 0 Å². The molecule has 4 heteroatoms. The van der Waals surface area contributed by atoms with Crippen molar-refractivity contribution in [1.82, 2.24) is 5.32 Å². The average Bonchev–Trinajstić information content (AvgIpc) is 2.29. The Labute approximate surface area is 97.4 Å². The highest BCUT2D eigenvalue weighted by Crippen LogP contribution is 2.31. The van der Waals surface area contributed by atoms with Crippen LogP contribution in [0.5, 0.6) is 0 Å². The second-order valence-electron chi connectivity index (χ2n) is 4.89. The van der Waals surface area contributed by atoms with E-state index in [1.807, 2.05) is 0 Å². The van der Waals surface area contributed by atoms with Crippen LogP contribution in [0, 0.1) is 5.92 Å². The third-order valence-electron chi connectivity index (χ3n) is 3.45. The van der Waals surface area contributed by atoms with Crippen molar-refractivity contribution >= 4 is 5.97 Å². The van der Waals surface area contributed by atoms with Gasteiger partial charge in [0.2, 0.25) is 0 Å². The Morgan fingerprint density at radius 2 is 2.38 bits per heavy atom. The number of rotatable bonds is 5. The van der Waals surface area contributed by atoms with Crippen molar-refractivity contribution in [3.63, 3.8) is 0 Å². The summed E-state index contributed by atoms with van der Waals surface area (Å²) < 4.78 is 4.59. The third kappa shape index (κ3) is 3.76. The predicted molar refractivity (Wildman–Crippen MR) is 62.1 cm³/mol. The Morgan fingerprint density at radius 1 is 1.62 bits per heavy atom. The number of aliphatic hydroxyl groups is 1. The molecule has 0 heterocycles. The number of hydrogen-bond donors (Lipinski definition) is 2. The van der Waals surface area contributed by atoms with Crippen molar-refractivity contribution < 1.29 is 14.6 Å². The van der Waals surface area contributed by atoms with Crippen molar-refractivity contribution in [1.29, 1.82) is 0 Å². The van der Waals surface area contributed by atoms with Gasteiger partial charge in [0.1, 0.15) is 0 Å². The molecular weight excluding hydrogens is 206 g/mol. The first-order chi connectivity index (χ1) is 7.62. The van der Waals surface area contributed by atoms with E-state index < -0.39 is 0 Å². The standard InChI is InChI=1S/C12H23NO3/c1-10-4-3-6-12(8-10,9-14)13-7-5-11(15)16-2/h10,13-14H,3-9H2,1-2H3. The fourth-order valence-corrected chi connectivity index (χ4v) is 2.55. The number of carbonyl (C=O) groups is 1. The molecule has 0 aromatic rings. The Kier molecular flexibility index (Phi) is 5.22. The molecule has 0 aromatic carbocycles. The van der Waals surface area contributed by atoms with E-state index in [0.29, 0.717) is 18.9 Å². The largest absolute Gasteiger partial charge is 0.469 e. The number of ether oxygens (including phenoxy) is 1. The van der Waals surface area contributed by atoms with E-state index in [-0.39, 0.29) is 18.1 Å². The van der Waals surface area contributed by atoms with Crippen molar-refractivity contribution in [3.8, 4) is 0 Å². The molecule has 16 heavy (non-hydrogen) atoms. The summed E-state index contributed by atoms with van der Waals surface area (Å²) in [6.07, 6.45) is 4.74. The van der Waals surface area contributed by atoms with E-state index >= 15 is 0 Å². The van der Waals surface area contributed by atoms with Gasteiger partial charge in [-0.15, -0.1) is 0 Å². The van der Waals surface area contributed by atoms with E-state index in [9.17, 15) is 9.90 Å². The van der Waals surface area contributed by atoms with Gasteiger partial charge in [0.15, 0.2) is 0 Å². The van der Waals surface area contributed by atoms with E-state index in [0.717, 1.165) is 19.3 Å². The average molecular weight is 229 g/mol. The van der Waals surface area contributed by atoms with Crippen molar-refractivity contribution in [2.75, 3.05) is 20.3 Å². The third-order valence-corrected chi connectivity index (χ3v) is 3.45. The molecule has 0 aliphatic heterocycles. The molecule has 2 unspecified atom stereocenters. The van der Waals surface area contributed by atoms with Gasteiger partial charge in [-0.1, -0.05) is 19.8 Å². The molecule has 0 radical (unpaired) electrons. The number of nitrogens with one attached hydrogen (secondary N) is 1. The Hall–Kier alpha value is -0.610. The lowest BCUT2D eigenvalue weighted by Gasteiger charge is -2.39. The van der Waals surface area contributed by atoms with Gasteiger partial charge in [-0.2, -0.15) is 0 Å². The summed E-state index contributed by atoms with van der Waals surface area (Å²) in [5.41, 5.74) is -0.175. The zero-order valence-electron chi connectivity index (χ0n) is 10.3. The van der Waals surface area contributed by atoms with Gasteiger partial charge in [-0.25, -0.2) is 0 Å². The van der Waals surface area contributed by atoms with E-state index in [1.54, 1.807) is 0 Å². The minimum atomic E-state index is -0.204. The summed E-state index contributed by atoms with van der Waals surface area (Å²) in [5, 5.41) is 12.8. The van der Waals surface area contributed by atoms with Crippen molar-refractivity contribution in [2.24, 2.45) is 5.92 Å². The number of aliphatic hydroxyl groups excluding tert-OH is 1. The molecule has 2 N–H and O–H groups in total. The molecule has 1 aliphatic rings. The molecule has 0 aromatic heterocycles. The van der Waals surface area contributed by atoms with Crippen LogP contribution in [0.25, 0.3) is 0 Å². The lowest BCUT2D eigenvalue weighted by atomic mass is 9.77. The Balaban J connectivity index is 2.38. The quantitative estimate of drug-likeness (QED) is 0.693. The van der Waals surface area contributed by atoms with Gasteiger partial charge in [0.25, 0.3) is 0 Å². The molecule has 0 bridgehead atoms. The molecule has 1 aliphatic carbocycles. The zero-order chi connectivity index (χ0) is 12.0. The summed E-state index contributed by atoms with van der Waals surface area (Å²) >= 11 is 0. The minimum Gasteiger partial charge on any atom is -0.469 e. The molecule has 0 spiro atoms. The van der Waals surface area contributed by atoms with E-state index in [1.165, 1.54) is 13.5 Å². The first-order valence-electron chi connectivity index (χ1n) is 6.04. The first kappa shape index (κ1) is 13.5. The fraction of sp³-hybridized carbons (Fsp3) is 0.917. The topological polar surface area (TPSA) is 58.6 Å². The van der Waals surface area contributed by atoms with Crippen LogP contribution >= 0.6 is 0 Å². The molecule has 2 atom stereocenters. The van der Waals surface area contributed by atoms with Gasteiger partial charge in [0.05, 0.1) is 20.1 Å². The van der Waals surface area contributed by atoms with Crippen LogP contribution in [0.1, 0.15) is 39.0 Å². The summed E-state index contributed by atoms with van der Waals surface area (Å²) in [7, 11) is 1.40. The second-order valence-corrected chi connectivity index (χ2v) is 4.89. The Bertz CT molecular complexity index is 232. The smallest absolute Gasteiger partial charge is 0.306 e. The maximum absolute atomic E-state index is 11.0. The number of methoxy groups -OCH3 is 1. The number of hydrogen-bond acceptors (Lipinski definition) is 4. The highest BCUT2D eigenvalue weighted by Gasteiger charge is 2.33. The van der Waals surface area contributed by atoms with Gasteiger partial charge >= 0.3 is 5.97 Å². The molecule has 1 fully saturated rings. The summed E-state index contributed by atoms with van der Waals surface area (Å²) in [4.78, 5) is 11.0. The second kappa shape index (κ2) is 6.21. The summed E-state index contributed by atoms with van der Waals surface area (Å²) in [6, 6.07) is 0. The zero-order valence-corrected chi connectivity index (χ0v) is 10.3. The molecule has 0 amide bonds. The van der Waals surface area contributed by atoms with E-state index in [4.69, 9.17) is 0 Å². The molecule has 1 saturated carbocycles. The first-order valence-corrected chi connectivity index (χ1v) is 6.04. The molecule has 4 nitrogen and oxygen atoms in total. The monoisotopic (exact) mass is 229 g/mol. The number of esters is 1. The van der Waals surface area contributed by atoms with Crippen molar-refractivity contribution in [2.45, 2.75) is 44.6 Å². The Morgan fingerprint density at radius 3 is 2.94 bits per heavy atom. The normalized spacial score (nSPS) is 30.1. The van der Waals surface area contributed by atoms with Gasteiger partial charge in [0, 0.05) is 12.1 Å². The van der Waals surface area contributed by atoms with Crippen LogP contribution < -0.4 is 5.32 Å². The van der Waals surface area contributed by atoms with E-state index in [2.05, 4.69) is 17.0 Å². The highest BCUT2D eigenvalue weighted by atomic mass is 16.5. The van der Waals surface area contributed by atoms with Crippen LogP contribution in [0.3, 0.4) is 0 Å². The molecule has 94 valence electrons. The van der Waals surface area contributed by atoms with Crippen molar-refractivity contribution in [3.05, 3.63) is 0 Å². The molecule has 0 saturated heterocycles. The molecular formula is C12H23NO3. The summed E-state index contributed by atoms with van der Waals surface area (Å²) in [5.74, 6) is 0.441. The minimum absolute atomic E-state index is 0.151. The van der Waals surface area contributed by atoms with Crippen LogP contribution in [-0.4, -0.2) is 36.9 Å². The maximum Gasteiger partial charge on any atom is 0.306 e. The highest BCUT2D eigenvalue weighted by molar-refractivity contribution is 5.69.